The summed E-state index contributed by atoms with van der Waals surface area (Å²) in [5.41, 5.74) is 1.59. The number of anilines is 1. The summed E-state index contributed by atoms with van der Waals surface area (Å²) in [5.74, 6) is -2.40. The molecular formula is C22H16BrFN2O3S. The Morgan fingerprint density at radius 1 is 1.17 bits per heavy atom. The number of hydrogen-bond donors (Lipinski definition) is 1. The Morgan fingerprint density at radius 3 is 2.47 bits per heavy atom. The number of aromatic nitrogens is 1. The van der Waals surface area contributed by atoms with Gasteiger partial charge in [0, 0.05) is 14.9 Å². The van der Waals surface area contributed by atoms with E-state index < -0.39 is 23.5 Å². The molecule has 1 saturated heterocycles. The number of aliphatic hydroxyl groups excluding tert-OH is 1. The van der Waals surface area contributed by atoms with Crippen LogP contribution in [0.3, 0.4) is 0 Å². The minimum absolute atomic E-state index is 0.0600. The fourth-order valence-electron chi connectivity index (χ4n) is 3.34. The lowest BCUT2D eigenvalue weighted by Gasteiger charge is -2.23. The number of thiazole rings is 1. The van der Waals surface area contributed by atoms with E-state index in [1.807, 2.05) is 19.9 Å². The van der Waals surface area contributed by atoms with Crippen LogP contribution in [0.5, 0.6) is 0 Å². The smallest absolute Gasteiger partial charge is 0.301 e. The monoisotopic (exact) mass is 486 g/mol. The van der Waals surface area contributed by atoms with Gasteiger partial charge in [0.25, 0.3) is 5.78 Å². The average Bonchev–Trinajstić information content (AvgIpc) is 3.18. The third-order valence-electron chi connectivity index (χ3n) is 4.95. The number of aryl methyl sites for hydroxylation is 2. The topological polar surface area (TPSA) is 70.5 Å². The van der Waals surface area contributed by atoms with Crippen molar-refractivity contribution in [3.8, 4) is 0 Å². The summed E-state index contributed by atoms with van der Waals surface area (Å²) in [6.07, 6.45) is 0. The SMILES string of the molecule is Cc1nc(N2C(=O)C(=O)/C(=C(/O)c3ccc(F)cc3)C2c2cccc(Br)c2)sc1C. The van der Waals surface area contributed by atoms with Crippen molar-refractivity contribution < 1.29 is 19.1 Å². The number of carbonyl (C=O) groups excluding carboxylic acids is 2. The maximum absolute atomic E-state index is 13.3. The molecule has 0 saturated carbocycles. The van der Waals surface area contributed by atoms with E-state index in [9.17, 15) is 19.1 Å². The molecule has 1 aliphatic heterocycles. The van der Waals surface area contributed by atoms with Crippen molar-refractivity contribution in [2.75, 3.05) is 4.90 Å². The van der Waals surface area contributed by atoms with E-state index in [1.54, 1.807) is 18.2 Å². The van der Waals surface area contributed by atoms with E-state index in [2.05, 4.69) is 20.9 Å². The Bertz CT molecular complexity index is 1180. The first-order valence-corrected chi connectivity index (χ1v) is 10.7. The van der Waals surface area contributed by atoms with E-state index in [4.69, 9.17) is 0 Å². The van der Waals surface area contributed by atoms with Crippen LogP contribution in [0.4, 0.5) is 9.52 Å². The van der Waals surface area contributed by atoms with E-state index >= 15 is 0 Å². The van der Waals surface area contributed by atoms with Crippen LogP contribution in [0.25, 0.3) is 5.76 Å². The molecule has 2 aromatic carbocycles. The molecular weight excluding hydrogens is 471 g/mol. The average molecular weight is 487 g/mol. The fourth-order valence-corrected chi connectivity index (χ4v) is 4.70. The van der Waals surface area contributed by atoms with Gasteiger partial charge in [-0.25, -0.2) is 9.37 Å². The van der Waals surface area contributed by atoms with Crippen molar-refractivity contribution in [2.45, 2.75) is 19.9 Å². The molecule has 0 aliphatic carbocycles. The van der Waals surface area contributed by atoms with Crippen LogP contribution in [0.2, 0.25) is 0 Å². The summed E-state index contributed by atoms with van der Waals surface area (Å²) in [6, 6.07) is 11.4. The van der Waals surface area contributed by atoms with Gasteiger partial charge in [-0.3, -0.25) is 14.5 Å². The lowest BCUT2D eigenvalue weighted by molar-refractivity contribution is -0.132. The quantitative estimate of drug-likeness (QED) is 0.310. The molecule has 1 aliphatic rings. The Labute approximate surface area is 184 Å². The van der Waals surface area contributed by atoms with Gasteiger partial charge in [-0.15, -0.1) is 11.3 Å². The summed E-state index contributed by atoms with van der Waals surface area (Å²) in [4.78, 5) is 32.7. The van der Waals surface area contributed by atoms with Crippen LogP contribution in [0, 0.1) is 19.7 Å². The van der Waals surface area contributed by atoms with Gasteiger partial charge < -0.3 is 5.11 Å². The van der Waals surface area contributed by atoms with Gasteiger partial charge in [0.05, 0.1) is 17.3 Å². The zero-order chi connectivity index (χ0) is 21.6. The number of ketones is 1. The van der Waals surface area contributed by atoms with Crippen LogP contribution >= 0.6 is 27.3 Å². The van der Waals surface area contributed by atoms with Crippen LogP contribution < -0.4 is 4.90 Å². The van der Waals surface area contributed by atoms with Gasteiger partial charge in [-0.2, -0.15) is 0 Å². The van der Waals surface area contributed by atoms with Crippen LogP contribution in [-0.4, -0.2) is 21.8 Å². The van der Waals surface area contributed by atoms with Gasteiger partial charge >= 0.3 is 5.91 Å². The predicted octanol–water partition coefficient (Wildman–Crippen LogP) is 5.29. The van der Waals surface area contributed by atoms with Gasteiger partial charge in [-0.05, 0) is 55.8 Å². The summed E-state index contributed by atoms with van der Waals surface area (Å²) >= 11 is 4.73. The maximum Gasteiger partial charge on any atom is 0.301 e. The fraction of sp³-hybridized carbons (Fsp3) is 0.136. The lowest BCUT2D eigenvalue weighted by Crippen LogP contribution is -2.29. The Kier molecular flexibility index (Phi) is 5.29. The number of rotatable bonds is 3. The number of amides is 1. The van der Waals surface area contributed by atoms with Gasteiger partial charge in [0.1, 0.15) is 11.6 Å². The molecule has 1 unspecified atom stereocenters. The van der Waals surface area contributed by atoms with E-state index in [0.717, 1.165) is 15.0 Å². The first-order valence-electron chi connectivity index (χ1n) is 9.04. The number of benzene rings is 2. The number of hydrogen-bond acceptors (Lipinski definition) is 5. The van der Waals surface area contributed by atoms with Crippen molar-refractivity contribution in [3.63, 3.8) is 0 Å². The van der Waals surface area contributed by atoms with Crippen molar-refractivity contribution in [1.29, 1.82) is 0 Å². The predicted molar refractivity (Wildman–Crippen MR) is 117 cm³/mol. The zero-order valence-electron chi connectivity index (χ0n) is 16.0. The maximum atomic E-state index is 13.3. The van der Waals surface area contributed by atoms with Crippen molar-refractivity contribution in [2.24, 2.45) is 0 Å². The van der Waals surface area contributed by atoms with Gasteiger partial charge in [0.15, 0.2) is 5.13 Å². The summed E-state index contributed by atoms with van der Waals surface area (Å²) < 4.78 is 14.1. The molecule has 152 valence electrons. The van der Waals surface area contributed by atoms with E-state index in [0.29, 0.717) is 10.7 Å². The van der Waals surface area contributed by atoms with Gasteiger partial charge in [0.2, 0.25) is 0 Å². The van der Waals surface area contributed by atoms with Crippen LogP contribution in [0.1, 0.15) is 27.7 Å². The standard InChI is InChI=1S/C22H16BrFN2O3S/c1-11-12(2)30-22(25-11)26-18(14-4-3-5-15(23)10-14)17(20(28)21(26)29)19(27)13-6-8-16(24)9-7-13/h3-10,18,27H,1-2H3/b19-17+. The molecule has 0 spiro atoms. The molecule has 0 radical (unpaired) electrons. The second kappa shape index (κ2) is 7.77. The summed E-state index contributed by atoms with van der Waals surface area (Å²) in [6.45, 7) is 3.72. The highest BCUT2D eigenvalue weighted by atomic mass is 79.9. The van der Waals surface area contributed by atoms with Gasteiger partial charge in [-0.1, -0.05) is 28.1 Å². The summed E-state index contributed by atoms with van der Waals surface area (Å²) in [5, 5.41) is 11.3. The molecule has 1 fully saturated rings. The molecule has 2 heterocycles. The molecule has 1 aromatic heterocycles. The third kappa shape index (κ3) is 3.46. The molecule has 1 amide bonds. The molecule has 8 heteroatoms. The second-order valence-corrected chi connectivity index (χ2v) is 8.97. The minimum Gasteiger partial charge on any atom is -0.507 e. The molecule has 5 nitrogen and oxygen atoms in total. The highest BCUT2D eigenvalue weighted by molar-refractivity contribution is 9.10. The first-order chi connectivity index (χ1) is 14.3. The van der Waals surface area contributed by atoms with Crippen molar-refractivity contribution in [1.82, 2.24) is 4.98 Å². The largest absolute Gasteiger partial charge is 0.507 e. The number of carbonyl (C=O) groups is 2. The highest BCUT2D eigenvalue weighted by Crippen LogP contribution is 2.44. The molecule has 30 heavy (non-hydrogen) atoms. The Balaban J connectivity index is 1.96. The molecule has 3 aromatic rings. The summed E-state index contributed by atoms with van der Waals surface area (Å²) in [7, 11) is 0. The van der Waals surface area contributed by atoms with Crippen LogP contribution in [0.15, 0.2) is 58.6 Å². The number of aliphatic hydroxyl groups is 1. The van der Waals surface area contributed by atoms with Crippen molar-refractivity contribution in [3.05, 3.63) is 86.1 Å². The Morgan fingerprint density at radius 2 is 1.87 bits per heavy atom. The van der Waals surface area contributed by atoms with Crippen LogP contribution in [-0.2, 0) is 9.59 Å². The van der Waals surface area contributed by atoms with E-state index in [-0.39, 0.29) is 16.9 Å². The second-order valence-electron chi connectivity index (χ2n) is 6.87. The normalized spacial score (nSPS) is 18.3. The Hall–Kier alpha value is -2.84. The lowest BCUT2D eigenvalue weighted by atomic mass is 9.95. The number of nitrogens with zero attached hydrogens (tertiary/aromatic N) is 2. The number of Topliss-reactive ketones (excluding diaryl/α,β-unsaturated/α-hetero) is 1. The number of halogens is 2. The molecule has 0 bridgehead atoms. The van der Waals surface area contributed by atoms with E-state index in [1.165, 1.54) is 40.5 Å². The highest BCUT2D eigenvalue weighted by Gasteiger charge is 2.48. The zero-order valence-corrected chi connectivity index (χ0v) is 18.4. The molecule has 1 atom stereocenters. The van der Waals surface area contributed by atoms with Crippen molar-refractivity contribution >= 4 is 49.8 Å². The first kappa shape index (κ1) is 20.4. The molecule has 1 N–H and O–H groups in total. The molecule has 4 rings (SSSR count). The third-order valence-corrected chi connectivity index (χ3v) is 6.52. The minimum atomic E-state index is -0.863.